The second kappa shape index (κ2) is 13.4. The fraction of sp³-hybridized carbons (Fsp3) is 0.154. The Labute approximate surface area is 251 Å². The molecule has 2 aromatic carbocycles. The van der Waals surface area contributed by atoms with Crippen LogP contribution in [-0.2, 0) is 17.1 Å². The van der Waals surface area contributed by atoms with Crippen LogP contribution in [0.25, 0.3) is 11.4 Å². The van der Waals surface area contributed by atoms with Crippen LogP contribution < -0.4 is 21.3 Å². The van der Waals surface area contributed by atoms with Gasteiger partial charge in [0.25, 0.3) is 22.5 Å². The second-order valence-corrected chi connectivity index (χ2v) is 8.64. The van der Waals surface area contributed by atoms with E-state index >= 15 is 0 Å². The number of aromatic nitrogens is 4. The molecule has 0 spiro atoms. The number of aryl methyl sites for hydroxylation is 4. The first-order chi connectivity index (χ1) is 19.6. The van der Waals surface area contributed by atoms with Crippen LogP contribution in [0.3, 0.4) is 0 Å². The first kappa shape index (κ1) is 33.7. The molecule has 4 aromatic rings. The molecule has 17 heteroatoms. The van der Waals surface area contributed by atoms with Gasteiger partial charge in [-0.25, -0.2) is 9.97 Å². The first-order valence-electron chi connectivity index (χ1n) is 11.8. The standard InChI is InChI=1S/2C13H11N3O5.Cu/c2*1-7-11(13(18)19)12(17)15(8(2)14-7)9-3-5-10(6-4-9)16(20)21;/h2*3-6H,1-2H3,(H,18,19);/q;;+2/p-2. The summed E-state index contributed by atoms with van der Waals surface area (Å²) in [5.74, 6) is -2.67. The number of carboxylic acids is 2. The molecule has 0 aliphatic heterocycles. The normalized spacial score (nSPS) is 10.1. The molecule has 0 saturated carbocycles. The van der Waals surface area contributed by atoms with Gasteiger partial charge in [0.1, 0.15) is 11.6 Å². The van der Waals surface area contributed by atoms with E-state index in [1.54, 1.807) is 0 Å². The summed E-state index contributed by atoms with van der Waals surface area (Å²) in [6.07, 6.45) is 0. The molecule has 2 aromatic heterocycles. The zero-order valence-electron chi connectivity index (χ0n) is 22.7. The first-order valence-corrected chi connectivity index (χ1v) is 11.8. The minimum absolute atomic E-state index is 0. The van der Waals surface area contributed by atoms with E-state index in [4.69, 9.17) is 0 Å². The Bertz CT molecular complexity index is 1730. The summed E-state index contributed by atoms with van der Waals surface area (Å²) in [5.41, 5.74) is -2.18. The molecule has 43 heavy (non-hydrogen) atoms. The van der Waals surface area contributed by atoms with Crippen molar-refractivity contribution in [3.8, 4) is 11.4 Å². The van der Waals surface area contributed by atoms with Gasteiger partial charge in [0.2, 0.25) is 0 Å². The smallest absolute Gasteiger partial charge is 0.545 e. The largest absolute Gasteiger partial charge is 2.00 e. The summed E-state index contributed by atoms with van der Waals surface area (Å²) < 4.78 is 2.14. The van der Waals surface area contributed by atoms with E-state index < -0.39 is 44.0 Å². The molecule has 16 nitrogen and oxygen atoms in total. The number of nitro groups is 2. The molecule has 0 bridgehead atoms. The van der Waals surface area contributed by atoms with Crippen molar-refractivity contribution < 1.29 is 46.7 Å². The number of hydrogen-bond donors (Lipinski definition) is 0. The number of carbonyl (C=O) groups excluding carboxylic acids is 2. The van der Waals surface area contributed by atoms with Crippen LogP contribution in [0, 0.1) is 47.9 Å². The molecule has 1 radical (unpaired) electrons. The third-order valence-electron chi connectivity index (χ3n) is 5.91. The maximum atomic E-state index is 12.2. The van der Waals surface area contributed by atoms with Gasteiger partial charge in [0, 0.05) is 24.3 Å². The van der Waals surface area contributed by atoms with Crippen molar-refractivity contribution in [3.05, 3.63) is 124 Å². The van der Waals surface area contributed by atoms with Crippen molar-refractivity contribution in [1.29, 1.82) is 0 Å². The zero-order valence-corrected chi connectivity index (χ0v) is 23.6. The van der Waals surface area contributed by atoms with Gasteiger partial charge in [0.05, 0.1) is 55.7 Å². The van der Waals surface area contributed by atoms with Gasteiger partial charge in [0.15, 0.2) is 0 Å². The van der Waals surface area contributed by atoms with Gasteiger partial charge < -0.3 is 19.8 Å². The number of nitro benzene ring substituents is 2. The number of aromatic carboxylic acids is 2. The summed E-state index contributed by atoms with van der Waals surface area (Å²) >= 11 is 0. The maximum absolute atomic E-state index is 12.2. The fourth-order valence-corrected chi connectivity index (χ4v) is 4.05. The number of non-ortho nitro benzene ring substituents is 2. The maximum Gasteiger partial charge on any atom is 2.00 e. The zero-order chi connectivity index (χ0) is 31.5. The van der Waals surface area contributed by atoms with E-state index in [9.17, 15) is 49.6 Å². The minimum atomic E-state index is -1.61. The summed E-state index contributed by atoms with van der Waals surface area (Å²) in [7, 11) is 0. The SMILES string of the molecule is Cc1nc(C)n(-c2ccc([N+](=O)[O-])cc2)c(=O)c1C(=O)[O-].Cc1nc(C)n(-c2ccc([N+](=O)[O-])cc2)c(=O)c1C(=O)[O-].[Cu+2]. The van der Waals surface area contributed by atoms with Crippen LogP contribution in [0.5, 0.6) is 0 Å². The number of carbonyl (C=O) groups is 2. The molecule has 0 aliphatic carbocycles. The summed E-state index contributed by atoms with van der Waals surface area (Å²) in [6, 6.07) is 10.3. The predicted octanol–water partition coefficient (Wildman–Crippen LogP) is 0.240. The Kier molecular flexibility index (Phi) is 10.5. The van der Waals surface area contributed by atoms with Crippen LogP contribution in [0.15, 0.2) is 58.1 Å². The van der Waals surface area contributed by atoms with Crippen LogP contribution in [-0.4, -0.2) is 40.9 Å². The van der Waals surface area contributed by atoms with E-state index in [-0.39, 0.29) is 62.9 Å². The molecule has 0 aliphatic rings. The van der Waals surface area contributed by atoms with Crippen molar-refractivity contribution in [3.63, 3.8) is 0 Å². The van der Waals surface area contributed by atoms with Gasteiger partial charge >= 0.3 is 17.1 Å². The predicted molar refractivity (Wildman–Crippen MR) is 141 cm³/mol. The summed E-state index contributed by atoms with van der Waals surface area (Å²) in [6.45, 7) is 5.88. The summed E-state index contributed by atoms with van der Waals surface area (Å²) in [5, 5.41) is 43.3. The number of carboxylic acid groups (broad SMARTS) is 2. The molecule has 225 valence electrons. The third-order valence-corrected chi connectivity index (χ3v) is 5.91. The average Bonchev–Trinajstić information content (AvgIpc) is 2.88. The Morgan fingerprint density at radius 3 is 1.14 bits per heavy atom. The molecule has 0 atom stereocenters. The van der Waals surface area contributed by atoms with Crippen molar-refractivity contribution in [2.24, 2.45) is 0 Å². The number of rotatable bonds is 6. The monoisotopic (exact) mass is 639 g/mol. The van der Waals surface area contributed by atoms with Crippen molar-refractivity contribution >= 4 is 23.3 Å². The van der Waals surface area contributed by atoms with Gasteiger partial charge in [-0.3, -0.25) is 39.0 Å². The Balaban J connectivity index is 0.000000293. The van der Waals surface area contributed by atoms with Crippen LogP contribution >= 0.6 is 0 Å². The molecule has 0 N–H and O–H groups in total. The quantitative estimate of drug-likeness (QED) is 0.157. The van der Waals surface area contributed by atoms with E-state index in [1.807, 2.05) is 0 Å². The van der Waals surface area contributed by atoms with Crippen molar-refractivity contribution in [1.82, 2.24) is 19.1 Å². The van der Waals surface area contributed by atoms with Gasteiger partial charge in [-0.1, -0.05) is 0 Å². The molecule has 0 fully saturated rings. The molecular formula is C26H20CuN6O10. The number of hydrogen-bond acceptors (Lipinski definition) is 12. The minimum Gasteiger partial charge on any atom is -0.545 e. The average molecular weight is 640 g/mol. The van der Waals surface area contributed by atoms with Crippen LogP contribution in [0.1, 0.15) is 43.8 Å². The second-order valence-electron chi connectivity index (χ2n) is 8.64. The van der Waals surface area contributed by atoms with Crippen molar-refractivity contribution in [2.45, 2.75) is 27.7 Å². The molecule has 2 heterocycles. The number of nitrogens with zero attached hydrogens (tertiary/aromatic N) is 6. The molecule has 0 unspecified atom stereocenters. The molecular weight excluding hydrogens is 620 g/mol. The number of benzene rings is 2. The van der Waals surface area contributed by atoms with Gasteiger partial charge in [-0.15, -0.1) is 0 Å². The van der Waals surface area contributed by atoms with Gasteiger partial charge in [-0.2, -0.15) is 0 Å². The fourth-order valence-electron chi connectivity index (χ4n) is 4.05. The van der Waals surface area contributed by atoms with Crippen LogP contribution in [0.2, 0.25) is 0 Å². The molecule has 0 amide bonds. The Hall–Kier alpha value is -5.54. The van der Waals surface area contributed by atoms with E-state index in [2.05, 4.69) is 9.97 Å². The van der Waals surface area contributed by atoms with E-state index in [0.29, 0.717) is 0 Å². The topological polar surface area (TPSA) is 236 Å². The van der Waals surface area contributed by atoms with E-state index in [1.165, 1.54) is 76.2 Å². The third kappa shape index (κ3) is 7.03. The van der Waals surface area contributed by atoms with Crippen molar-refractivity contribution in [2.75, 3.05) is 0 Å². The Morgan fingerprint density at radius 1 is 0.628 bits per heavy atom. The molecule has 4 rings (SSSR count). The van der Waals surface area contributed by atoms with E-state index in [0.717, 1.165) is 9.13 Å². The molecule has 0 saturated heterocycles. The van der Waals surface area contributed by atoms with Crippen LogP contribution in [0.4, 0.5) is 11.4 Å². The Morgan fingerprint density at radius 2 is 0.907 bits per heavy atom. The van der Waals surface area contributed by atoms with Gasteiger partial charge in [-0.05, 0) is 52.0 Å². The summed E-state index contributed by atoms with van der Waals surface area (Å²) in [4.78, 5) is 74.6.